The summed E-state index contributed by atoms with van der Waals surface area (Å²) in [5, 5.41) is 0.775. The van der Waals surface area contributed by atoms with Crippen LogP contribution in [0.3, 0.4) is 0 Å². The zero-order valence-electron chi connectivity index (χ0n) is 25.9. The normalized spacial score (nSPS) is 21.6. The van der Waals surface area contributed by atoms with E-state index in [0.717, 1.165) is 72.0 Å². The zero-order chi connectivity index (χ0) is 30.2. The number of allylic oxidation sites excluding steroid dienone is 2. The van der Waals surface area contributed by atoms with E-state index in [1.807, 2.05) is 32.4 Å². The number of nitrogens with zero attached hydrogens (tertiary/aromatic N) is 1. The molecule has 0 fully saturated rings. The average molecular weight is 597 g/mol. The van der Waals surface area contributed by atoms with Crippen LogP contribution in [0.2, 0.25) is 0 Å². The first-order chi connectivity index (χ1) is 19.9. The molecule has 2 N–H and O–H groups in total. The predicted octanol–water partition coefficient (Wildman–Crippen LogP) is 7.76. The molecule has 2 aromatic carbocycles. The summed E-state index contributed by atoms with van der Waals surface area (Å²) in [6.07, 6.45) is 7.87. The van der Waals surface area contributed by atoms with Gasteiger partial charge in [-0.3, -0.25) is 4.89 Å². The molecule has 1 aromatic heterocycles. The molecule has 0 saturated carbocycles. The summed E-state index contributed by atoms with van der Waals surface area (Å²) < 4.78 is 37.5. The topological polar surface area (TPSA) is 93.2 Å². The van der Waals surface area contributed by atoms with Gasteiger partial charge in [-0.1, -0.05) is 31.1 Å². The van der Waals surface area contributed by atoms with Gasteiger partial charge < -0.3 is 23.9 Å². The summed E-state index contributed by atoms with van der Waals surface area (Å²) in [5.74, 6) is 2.15. The van der Waals surface area contributed by atoms with E-state index >= 15 is 0 Å². The Labute approximate surface area is 249 Å². The molecule has 1 aliphatic heterocycles. The fourth-order valence-electron chi connectivity index (χ4n) is 6.46. The van der Waals surface area contributed by atoms with Crippen LogP contribution in [-0.2, 0) is 21.9 Å². The molecular weight excluding hydrogens is 551 g/mol. The minimum atomic E-state index is -4.55. The molecule has 42 heavy (non-hydrogen) atoms. The van der Waals surface area contributed by atoms with E-state index in [1.54, 1.807) is 19.1 Å². The number of aromatic nitrogens is 1. The average Bonchev–Trinajstić information content (AvgIpc) is 3.30. The Morgan fingerprint density at radius 2 is 2.00 bits per heavy atom. The van der Waals surface area contributed by atoms with Crippen molar-refractivity contribution in [1.29, 1.82) is 0 Å². The molecule has 5 rings (SSSR count). The lowest BCUT2D eigenvalue weighted by molar-refractivity contribution is -0.00811. The number of ether oxygens (including phenoxy) is 2. The van der Waals surface area contributed by atoms with Gasteiger partial charge in [0.15, 0.2) is 0 Å². The van der Waals surface area contributed by atoms with Gasteiger partial charge in [-0.15, -0.1) is 0 Å². The van der Waals surface area contributed by atoms with E-state index in [2.05, 4.69) is 49.7 Å². The second kappa shape index (κ2) is 12.1. The Balaban J connectivity index is 1.41. The van der Waals surface area contributed by atoms with Crippen LogP contribution in [0.5, 0.6) is 17.2 Å². The molecule has 0 bridgehead atoms. The van der Waals surface area contributed by atoms with Crippen molar-refractivity contribution < 1.29 is 28.0 Å². The van der Waals surface area contributed by atoms with E-state index in [0.29, 0.717) is 17.4 Å². The Bertz CT molecular complexity index is 1510. The van der Waals surface area contributed by atoms with Crippen molar-refractivity contribution in [3.63, 3.8) is 0 Å². The third kappa shape index (κ3) is 6.57. The third-order valence-corrected chi connectivity index (χ3v) is 9.41. The number of phosphoric acid groups is 1. The van der Waals surface area contributed by atoms with Crippen molar-refractivity contribution in [2.45, 2.75) is 84.5 Å². The first kappa shape index (κ1) is 30.7. The number of phosphoric ester groups is 1. The Morgan fingerprint density at radius 3 is 2.74 bits per heavy atom. The lowest BCUT2D eigenvalue weighted by Crippen LogP contribution is -2.45. The van der Waals surface area contributed by atoms with Gasteiger partial charge in [0.2, 0.25) is 6.29 Å². The molecule has 8 nitrogen and oxygen atoms in total. The molecule has 2 heterocycles. The molecule has 228 valence electrons. The maximum Gasteiger partial charge on any atom is 0.530 e. The smallest absolute Gasteiger partial charge is 0.487 e. The largest absolute Gasteiger partial charge is 0.530 e. The maximum atomic E-state index is 13.3. The highest BCUT2D eigenvalue weighted by molar-refractivity contribution is 7.47. The molecule has 3 aromatic rings. The summed E-state index contributed by atoms with van der Waals surface area (Å²) in [7, 11) is -0.528. The van der Waals surface area contributed by atoms with Gasteiger partial charge in [-0.05, 0) is 103 Å². The molecule has 0 saturated heterocycles. The Hall–Kier alpha value is -2.77. The number of nitrogens with one attached hydrogen (secondary N) is 1. The molecule has 0 amide bonds. The number of H-pyrrole nitrogens is 1. The molecular formula is C33H45N2O6P. The highest BCUT2D eigenvalue weighted by Gasteiger charge is 2.45. The van der Waals surface area contributed by atoms with Crippen LogP contribution in [0.4, 0.5) is 0 Å². The Morgan fingerprint density at radius 1 is 1.21 bits per heavy atom. The standard InChI is InChI=1S/C33H45N2O6P/c1-8-10-23-18-29(32-25-17-21(2)13-14-26(25)33(4,5)39-30(32)19-23)38-22(3)40-42(36,37)41-28-12-9-11-27-31(28)24(20-34-27)15-16-35(6)7/h9,11-12,17-20,22,25-26,34H,8,10,13-16H2,1-7H3,(H,36,37). The number of benzene rings is 2. The predicted molar refractivity (Wildman–Crippen MR) is 167 cm³/mol. The molecule has 4 unspecified atom stereocenters. The number of rotatable bonds is 11. The van der Waals surface area contributed by atoms with Gasteiger partial charge in [-0.25, -0.2) is 9.09 Å². The third-order valence-electron chi connectivity index (χ3n) is 8.42. The number of fused-ring (bicyclic) bond motifs is 4. The minimum absolute atomic E-state index is 0.124. The highest BCUT2D eigenvalue weighted by atomic mass is 31.2. The van der Waals surface area contributed by atoms with Crippen molar-refractivity contribution in [2.24, 2.45) is 5.92 Å². The van der Waals surface area contributed by atoms with Crippen molar-refractivity contribution in [3.05, 3.63) is 64.9 Å². The van der Waals surface area contributed by atoms with Crippen LogP contribution in [0, 0.1) is 5.92 Å². The van der Waals surface area contributed by atoms with Crippen LogP contribution in [0.1, 0.15) is 76.5 Å². The SMILES string of the molecule is CCCc1cc(OC(C)OP(=O)(O)Oc2cccc3[nH]cc(CCN(C)C)c23)c2c(c1)OC(C)(C)C1CCC(C)=CC21. The molecule has 2 aliphatic rings. The first-order valence-electron chi connectivity index (χ1n) is 15.0. The number of hydrogen-bond acceptors (Lipinski definition) is 6. The van der Waals surface area contributed by atoms with Gasteiger partial charge >= 0.3 is 7.82 Å². The van der Waals surface area contributed by atoms with Crippen molar-refractivity contribution in [1.82, 2.24) is 9.88 Å². The van der Waals surface area contributed by atoms with Crippen molar-refractivity contribution in [2.75, 3.05) is 20.6 Å². The summed E-state index contributed by atoms with van der Waals surface area (Å²) in [6, 6.07) is 9.54. The minimum Gasteiger partial charge on any atom is -0.487 e. The zero-order valence-corrected chi connectivity index (χ0v) is 26.8. The first-order valence-corrected chi connectivity index (χ1v) is 16.5. The van der Waals surface area contributed by atoms with Crippen LogP contribution in [0.25, 0.3) is 10.9 Å². The van der Waals surface area contributed by atoms with Crippen LogP contribution < -0.4 is 14.0 Å². The summed E-state index contributed by atoms with van der Waals surface area (Å²) in [5.41, 5.74) is 4.94. The lowest BCUT2D eigenvalue weighted by Gasteiger charge is -2.47. The fourth-order valence-corrected chi connectivity index (χ4v) is 7.32. The molecule has 1 aliphatic carbocycles. The van der Waals surface area contributed by atoms with E-state index in [-0.39, 0.29) is 11.5 Å². The Kier molecular flexibility index (Phi) is 8.82. The van der Waals surface area contributed by atoms with Gasteiger partial charge in [0.1, 0.15) is 22.8 Å². The fraction of sp³-hybridized carbons (Fsp3) is 0.515. The van der Waals surface area contributed by atoms with Crippen LogP contribution in [0.15, 0.2) is 48.2 Å². The highest BCUT2D eigenvalue weighted by Crippen LogP contribution is 2.54. The number of aryl methyl sites for hydroxylation is 1. The molecule has 4 atom stereocenters. The number of likely N-dealkylation sites (N-methyl/N-ethyl adjacent to an activating group) is 1. The van der Waals surface area contributed by atoms with Gasteiger partial charge in [0.25, 0.3) is 0 Å². The summed E-state index contributed by atoms with van der Waals surface area (Å²) >= 11 is 0. The lowest BCUT2D eigenvalue weighted by atomic mass is 9.68. The molecule has 9 heteroatoms. The number of hydrogen-bond donors (Lipinski definition) is 2. The van der Waals surface area contributed by atoms with E-state index in [4.69, 9.17) is 18.5 Å². The molecule has 0 radical (unpaired) electrons. The summed E-state index contributed by atoms with van der Waals surface area (Å²) in [4.78, 5) is 16.2. The van der Waals surface area contributed by atoms with Gasteiger partial charge in [0, 0.05) is 41.0 Å². The second-order valence-corrected chi connectivity index (χ2v) is 13.9. The van der Waals surface area contributed by atoms with Gasteiger partial charge in [-0.2, -0.15) is 0 Å². The molecule has 0 spiro atoms. The van der Waals surface area contributed by atoms with Crippen LogP contribution >= 0.6 is 7.82 Å². The van der Waals surface area contributed by atoms with Crippen molar-refractivity contribution >= 4 is 18.7 Å². The quantitative estimate of drug-likeness (QED) is 0.133. The second-order valence-electron chi connectivity index (χ2n) is 12.5. The number of aromatic amines is 1. The maximum absolute atomic E-state index is 13.3. The van der Waals surface area contributed by atoms with Gasteiger partial charge in [0.05, 0.1) is 0 Å². The van der Waals surface area contributed by atoms with E-state index in [9.17, 15) is 9.46 Å². The van der Waals surface area contributed by atoms with Crippen LogP contribution in [-0.4, -0.2) is 47.3 Å². The monoisotopic (exact) mass is 596 g/mol. The van der Waals surface area contributed by atoms with E-state index < -0.39 is 14.1 Å². The van der Waals surface area contributed by atoms with E-state index in [1.165, 1.54) is 5.57 Å². The summed E-state index contributed by atoms with van der Waals surface area (Å²) in [6.45, 7) is 11.1. The van der Waals surface area contributed by atoms with Crippen molar-refractivity contribution in [3.8, 4) is 17.2 Å².